The van der Waals surface area contributed by atoms with Crippen LogP contribution in [0.3, 0.4) is 0 Å². The van der Waals surface area contributed by atoms with E-state index in [1.165, 1.54) is 0 Å². The number of rotatable bonds is 6. The molecule has 0 spiro atoms. The van der Waals surface area contributed by atoms with Gasteiger partial charge < -0.3 is 11.1 Å². The quantitative estimate of drug-likeness (QED) is 0.761. The number of carbonyl (C=O) groups excluding carboxylic acids is 1. The number of amides is 1. The molecule has 6 heteroatoms. The molecule has 1 unspecified atom stereocenters. The number of hydrogen-bond donors (Lipinski definition) is 2. The molecule has 0 radical (unpaired) electrons. The number of fused-ring (bicyclic) bond motifs is 1. The number of hydrogen-bond acceptors (Lipinski definition) is 4. The first kappa shape index (κ1) is 13.5. The highest BCUT2D eigenvalue weighted by atomic mass is 16.1. The highest BCUT2D eigenvalue weighted by Gasteiger charge is 2.15. The van der Waals surface area contributed by atoms with Gasteiger partial charge in [-0.2, -0.15) is 0 Å². The predicted molar refractivity (Wildman–Crippen MR) is 72.5 cm³/mol. The zero-order valence-corrected chi connectivity index (χ0v) is 11.0. The molecule has 0 bridgehead atoms. The van der Waals surface area contributed by atoms with Gasteiger partial charge in [-0.15, -0.1) is 10.2 Å². The Hall–Kier alpha value is -1.95. The molecule has 1 atom stereocenters. The molecular weight excluding hydrogens is 242 g/mol. The second kappa shape index (κ2) is 6.29. The molecule has 0 aliphatic rings. The maximum absolute atomic E-state index is 11.8. The van der Waals surface area contributed by atoms with Crippen molar-refractivity contribution >= 4 is 11.6 Å². The van der Waals surface area contributed by atoms with E-state index in [0.717, 1.165) is 24.3 Å². The molecule has 2 aromatic rings. The zero-order chi connectivity index (χ0) is 13.7. The Morgan fingerprint density at radius 2 is 2.26 bits per heavy atom. The molecule has 0 aliphatic heterocycles. The van der Waals surface area contributed by atoms with Crippen LogP contribution in [0.1, 0.15) is 38.1 Å². The molecule has 19 heavy (non-hydrogen) atoms. The number of aromatic nitrogens is 3. The molecule has 2 heterocycles. The smallest absolute Gasteiger partial charge is 0.220 e. The van der Waals surface area contributed by atoms with Crippen molar-refractivity contribution in [3.63, 3.8) is 0 Å². The lowest BCUT2D eigenvalue weighted by Crippen LogP contribution is -2.27. The van der Waals surface area contributed by atoms with Crippen molar-refractivity contribution < 1.29 is 4.79 Å². The van der Waals surface area contributed by atoms with Crippen LogP contribution in [0.15, 0.2) is 24.4 Å². The first-order chi connectivity index (χ1) is 9.22. The summed E-state index contributed by atoms with van der Waals surface area (Å²) in [6.07, 6.45) is 4.07. The summed E-state index contributed by atoms with van der Waals surface area (Å²) in [4.78, 5) is 11.8. The Kier molecular flexibility index (Phi) is 4.46. The molecule has 2 rings (SSSR count). The fourth-order valence-corrected chi connectivity index (χ4v) is 1.96. The Morgan fingerprint density at radius 3 is 3.05 bits per heavy atom. The average Bonchev–Trinajstić information content (AvgIpc) is 2.83. The van der Waals surface area contributed by atoms with Crippen molar-refractivity contribution in [3.05, 3.63) is 30.2 Å². The summed E-state index contributed by atoms with van der Waals surface area (Å²) in [6, 6.07) is 5.54. The summed E-state index contributed by atoms with van der Waals surface area (Å²) in [7, 11) is 0. The van der Waals surface area contributed by atoms with Gasteiger partial charge in [-0.1, -0.05) is 6.07 Å². The average molecular weight is 261 g/mol. The number of nitrogens with two attached hydrogens (primary N) is 1. The Morgan fingerprint density at radius 1 is 1.42 bits per heavy atom. The summed E-state index contributed by atoms with van der Waals surface area (Å²) in [5, 5.41) is 11.1. The standard InChI is InChI=1S/C13H19N5O/c1-10(15-12(19)7-2-4-8-14)13-17-16-11-6-3-5-9-18(11)13/h3,5-6,9-10H,2,4,7-8,14H2,1H3,(H,15,19). The van der Waals surface area contributed by atoms with Gasteiger partial charge in [0.05, 0.1) is 6.04 Å². The normalized spacial score (nSPS) is 12.5. The zero-order valence-electron chi connectivity index (χ0n) is 11.0. The van der Waals surface area contributed by atoms with Crippen LogP contribution in [0, 0.1) is 0 Å². The maximum Gasteiger partial charge on any atom is 0.220 e. The van der Waals surface area contributed by atoms with Gasteiger partial charge in [0.1, 0.15) is 0 Å². The van der Waals surface area contributed by atoms with Crippen molar-refractivity contribution in [1.82, 2.24) is 19.9 Å². The lowest BCUT2D eigenvalue weighted by Gasteiger charge is -2.12. The minimum atomic E-state index is -0.164. The SMILES string of the molecule is CC(NC(=O)CCCCN)c1nnc2ccccn12. The second-order valence-electron chi connectivity index (χ2n) is 4.52. The third-order valence-corrected chi connectivity index (χ3v) is 2.96. The van der Waals surface area contributed by atoms with Crippen LogP contribution in [-0.4, -0.2) is 27.0 Å². The highest BCUT2D eigenvalue weighted by molar-refractivity contribution is 5.76. The minimum absolute atomic E-state index is 0.0219. The van der Waals surface area contributed by atoms with E-state index in [9.17, 15) is 4.79 Å². The number of pyridine rings is 1. The van der Waals surface area contributed by atoms with Crippen LogP contribution >= 0.6 is 0 Å². The van der Waals surface area contributed by atoms with E-state index in [1.807, 2.05) is 35.7 Å². The molecule has 0 aliphatic carbocycles. The first-order valence-corrected chi connectivity index (χ1v) is 6.51. The van der Waals surface area contributed by atoms with Crippen LogP contribution in [-0.2, 0) is 4.79 Å². The van der Waals surface area contributed by atoms with Crippen molar-refractivity contribution in [2.75, 3.05) is 6.54 Å². The molecule has 0 saturated carbocycles. The lowest BCUT2D eigenvalue weighted by molar-refractivity contribution is -0.121. The van der Waals surface area contributed by atoms with Gasteiger partial charge in [-0.25, -0.2) is 0 Å². The van der Waals surface area contributed by atoms with Gasteiger partial charge >= 0.3 is 0 Å². The molecular formula is C13H19N5O. The Balaban J connectivity index is 1.99. The van der Waals surface area contributed by atoms with Crippen LogP contribution in [0.2, 0.25) is 0 Å². The fourth-order valence-electron chi connectivity index (χ4n) is 1.96. The van der Waals surface area contributed by atoms with Crippen molar-refractivity contribution in [1.29, 1.82) is 0 Å². The van der Waals surface area contributed by atoms with Gasteiger partial charge in [0.15, 0.2) is 11.5 Å². The van der Waals surface area contributed by atoms with E-state index in [0.29, 0.717) is 13.0 Å². The molecule has 2 aromatic heterocycles. The van der Waals surface area contributed by atoms with E-state index in [-0.39, 0.29) is 11.9 Å². The molecule has 0 aromatic carbocycles. The highest BCUT2D eigenvalue weighted by Crippen LogP contribution is 2.12. The van der Waals surface area contributed by atoms with Crippen molar-refractivity contribution in [3.8, 4) is 0 Å². The maximum atomic E-state index is 11.8. The third kappa shape index (κ3) is 3.29. The van der Waals surface area contributed by atoms with Crippen LogP contribution in [0.4, 0.5) is 0 Å². The van der Waals surface area contributed by atoms with E-state index in [4.69, 9.17) is 5.73 Å². The Labute approximate surface area is 112 Å². The van der Waals surface area contributed by atoms with Gasteiger partial charge in [-0.05, 0) is 38.4 Å². The molecule has 0 saturated heterocycles. The van der Waals surface area contributed by atoms with Gasteiger partial charge in [0, 0.05) is 12.6 Å². The summed E-state index contributed by atoms with van der Waals surface area (Å²) in [5.41, 5.74) is 6.18. The predicted octanol–water partition coefficient (Wildman–Crippen LogP) is 1.04. The molecule has 102 valence electrons. The third-order valence-electron chi connectivity index (χ3n) is 2.96. The van der Waals surface area contributed by atoms with Gasteiger partial charge in [-0.3, -0.25) is 9.20 Å². The number of nitrogens with zero attached hydrogens (tertiary/aromatic N) is 3. The minimum Gasteiger partial charge on any atom is -0.346 e. The number of carbonyl (C=O) groups is 1. The van der Waals surface area contributed by atoms with Crippen LogP contribution in [0.5, 0.6) is 0 Å². The summed E-state index contributed by atoms with van der Waals surface area (Å²) in [6.45, 7) is 2.53. The molecule has 0 fully saturated rings. The Bertz CT molecular complexity index is 551. The van der Waals surface area contributed by atoms with Crippen molar-refractivity contribution in [2.45, 2.75) is 32.2 Å². The van der Waals surface area contributed by atoms with E-state index < -0.39 is 0 Å². The largest absolute Gasteiger partial charge is 0.346 e. The fraction of sp³-hybridized carbons (Fsp3) is 0.462. The van der Waals surface area contributed by atoms with Crippen LogP contribution < -0.4 is 11.1 Å². The second-order valence-corrected chi connectivity index (χ2v) is 4.52. The summed E-state index contributed by atoms with van der Waals surface area (Å²) < 4.78 is 1.88. The first-order valence-electron chi connectivity index (χ1n) is 6.51. The molecule has 6 nitrogen and oxygen atoms in total. The van der Waals surface area contributed by atoms with Gasteiger partial charge in [0.2, 0.25) is 5.91 Å². The monoisotopic (exact) mass is 261 g/mol. The van der Waals surface area contributed by atoms with E-state index in [1.54, 1.807) is 0 Å². The topological polar surface area (TPSA) is 85.3 Å². The van der Waals surface area contributed by atoms with E-state index in [2.05, 4.69) is 15.5 Å². The molecule has 1 amide bonds. The molecule has 3 N–H and O–H groups in total. The summed E-state index contributed by atoms with van der Waals surface area (Å²) >= 11 is 0. The number of unbranched alkanes of at least 4 members (excludes halogenated alkanes) is 1. The van der Waals surface area contributed by atoms with E-state index >= 15 is 0 Å². The lowest BCUT2D eigenvalue weighted by atomic mass is 10.2. The van der Waals surface area contributed by atoms with Crippen molar-refractivity contribution in [2.24, 2.45) is 5.73 Å². The number of nitrogens with one attached hydrogen (secondary N) is 1. The van der Waals surface area contributed by atoms with Gasteiger partial charge in [0.25, 0.3) is 0 Å². The summed E-state index contributed by atoms with van der Waals surface area (Å²) in [5.74, 6) is 0.761. The van der Waals surface area contributed by atoms with Crippen LogP contribution in [0.25, 0.3) is 5.65 Å².